The van der Waals surface area contributed by atoms with E-state index in [-0.39, 0.29) is 24.4 Å². The number of carbonyl (C=O) groups excluding carboxylic acids is 1. The highest BCUT2D eigenvalue weighted by Crippen LogP contribution is 2.31. The van der Waals surface area contributed by atoms with Crippen molar-refractivity contribution < 1.29 is 18.0 Å². The Morgan fingerprint density at radius 1 is 1.08 bits per heavy atom. The molecule has 0 unspecified atom stereocenters. The molecule has 1 aliphatic rings. The van der Waals surface area contributed by atoms with E-state index in [1.807, 2.05) is 4.90 Å². The third-order valence-corrected chi connectivity index (χ3v) is 4.29. The quantitative estimate of drug-likeness (QED) is 0.642. The van der Waals surface area contributed by atoms with Gasteiger partial charge < -0.3 is 10.6 Å². The Hall–Kier alpha value is -1.27. The number of nitrogens with zero attached hydrogens (tertiary/aromatic N) is 1. The first kappa shape index (κ1) is 21.8. The molecule has 3 nitrogen and oxygen atoms in total. The van der Waals surface area contributed by atoms with Crippen LogP contribution in [0, 0.1) is 0 Å². The second kappa shape index (κ2) is 10.0. The Kier molecular flexibility index (Phi) is 8.73. The monoisotopic (exact) mass is 378 g/mol. The number of hydrogen-bond acceptors (Lipinski definition) is 2. The molecule has 0 radical (unpaired) electrons. The van der Waals surface area contributed by atoms with Crippen LogP contribution in [0.3, 0.4) is 0 Å². The fourth-order valence-corrected chi connectivity index (χ4v) is 2.72. The predicted octanol–water partition coefficient (Wildman–Crippen LogP) is 4.53. The van der Waals surface area contributed by atoms with Crippen LogP contribution >= 0.6 is 12.4 Å². The van der Waals surface area contributed by atoms with Crippen molar-refractivity contribution in [3.05, 3.63) is 35.4 Å². The minimum absolute atomic E-state index is 0. The number of unbranched alkanes of at least 4 members (excludes halogenated alkanes) is 3. The molecule has 1 aliphatic carbocycles. The van der Waals surface area contributed by atoms with Gasteiger partial charge >= 0.3 is 6.18 Å². The van der Waals surface area contributed by atoms with Gasteiger partial charge in [0.1, 0.15) is 0 Å². The van der Waals surface area contributed by atoms with Crippen LogP contribution in [0.1, 0.15) is 56.1 Å². The van der Waals surface area contributed by atoms with Gasteiger partial charge in [-0.3, -0.25) is 4.79 Å². The highest BCUT2D eigenvalue weighted by atomic mass is 35.5. The van der Waals surface area contributed by atoms with Gasteiger partial charge in [-0.25, -0.2) is 0 Å². The summed E-state index contributed by atoms with van der Waals surface area (Å²) in [4.78, 5) is 14.2. The van der Waals surface area contributed by atoms with Gasteiger partial charge in [0.25, 0.3) is 0 Å². The van der Waals surface area contributed by atoms with Crippen LogP contribution in [0.4, 0.5) is 13.2 Å². The first-order valence-electron chi connectivity index (χ1n) is 8.57. The fourth-order valence-electron chi connectivity index (χ4n) is 2.72. The smallest absolute Gasteiger partial charge is 0.335 e. The minimum atomic E-state index is -4.33. The van der Waals surface area contributed by atoms with E-state index in [2.05, 4.69) is 0 Å². The molecule has 1 aromatic rings. The zero-order valence-electron chi connectivity index (χ0n) is 14.2. The summed E-state index contributed by atoms with van der Waals surface area (Å²) in [5, 5.41) is 0. The highest BCUT2D eigenvalue weighted by Gasteiger charge is 2.33. The number of benzene rings is 1. The standard InChI is InChI=1S/C18H25F3N2O.ClH/c19-18(20,21)15-8-6-14(7-9-15)13-23(16-10-11-16)17(24)5-3-1-2-4-12-22;/h6-9,16H,1-5,10-13,22H2;1H. The van der Waals surface area contributed by atoms with Crippen LogP contribution < -0.4 is 5.73 Å². The molecule has 142 valence electrons. The zero-order chi connectivity index (χ0) is 17.6. The third kappa shape index (κ3) is 7.24. The Balaban J connectivity index is 0.00000312. The Bertz CT molecular complexity index is 530. The number of rotatable bonds is 9. The summed E-state index contributed by atoms with van der Waals surface area (Å²) in [6, 6.07) is 5.35. The van der Waals surface area contributed by atoms with E-state index in [9.17, 15) is 18.0 Å². The van der Waals surface area contributed by atoms with E-state index in [0.717, 1.165) is 56.2 Å². The number of nitrogens with two attached hydrogens (primary N) is 1. The van der Waals surface area contributed by atoms with Gasteiger partial charge in [0.2, 0.25) is 5.91 Å². The summed E-state index contributed by atoms with van der Waals surface area (Å²) >= 11 is 0. The average molecular weight is 379 g/mol. The van der Waals surface area contributed by atoms with Crippen molar-refractivity contribution in [3.8, 4) is 0 Å². The lowest BCUT2D eigenvalue weighted by Crippen LogP contribution is -2.32. The molecule has 25 heavy (non-hydrogen) atoms. The summed E-state index contributed by atoms with van der Waals surface area (Å²) in [6.45, 7) is 1.07. The van der Waals surface area contributed by atoms with Crippen LogP contribution in [0.25, 0.3) is 0 Å². The summed E-state index contributed by atoms with van der Waals surface area (Å²) in [6.07, 6.45) is 1.99. The van der Waals surface area contributed by atoms with Crippen LogP contribution in [0.2, 0.25) is 0 Å². The second-order valence-electron chi connectivity index (χ2n) is 6.40. The molecular formula is C18H26ClF3N2O. The first-order chi connectivity index (χ1) is 11.4. The summed E-state index contributed by atoms with van der Waals surface area (Å²) in [7, 11) is 0. The molecule has 2 rings (SSSR count). The van der Waals surface area contributed by atoms with Crippen molar-refractivity contribution in [2.75, 3.05) is 6.54 Å². The van der Waals surface area contributed by atoms with E-state index < -0.39 is 11.7 Å². The molecule has 7 heteroatoms. The number of amides is 1. The van der Waals surface area contributed by atoms with Crippen LogP contribution in [-0.2, 0) is 17.5 Å². The molecule has 1 aromatic carbocycles. The van der Waals surface area contributed by atoms with Gasteiger partial charge in [-0.2, -0.15) is 13.2 Å². The normalized spacial score (nSPS) is 14.1. The molecule has 0 aromatic heterocycles. The maximum Gasteiger partial charge on any atom is 0.416 e. The fraction of sp³-hybridized carbons (Fsp3) is 0.611. The van der Waals surface area contributed by atoms with E-state index in [4.69, 9.17) is 5.73 Å². The van der Waals surface area contributed by atoms with Crippen molar-refractivity contribution in [2.45, 2.75) is 63.7 Å². The lowest BCUT2D eigenvalue weighted by atomic mass is 10.1. The largest absolute Gasteiger partial charge is 0.416 e. The van der Waals surface area contributed by atoms with Gasteiger partial charge in [-0.15, -0.1) is 12.4 Å². The predicted molar refractivity (Wildman–Crippen MR) is 94.4 cm³/mol. The van der Waals surface area contributed by atoms with Gasteiger partial charge in [-0.05, 0) is 49.9 Å². The highest BCUT2D eigenvalue weighted by molar-refractivity contribution is 5.85. The van der Waals surface area contributed by atoms with Gasteiger partial charge in [0.15, 0.2) is 0 Å². The van der Waals surface area contributed by atoms with Crippen LogP contribution in [0.15, 0.2) is 24.3 Å². The molecule has 0 aliphatic heterocycles. The second-order valence-corrected chi connectivity index (χ2v) is 6.40. The first-order valence-corrected chi connectivity index (χ1v) is 8.57. The van der Waals surface area contributed by atoms with Crippen LogP contribution in [-0.4, -0.2) is 23.4 Å². The molecule has 1 fully saturated rings. The lowest BCUT2D eigenvalue weighted by molar-refractivity contribution is -0.137. The van der Waals surface area contributed by atoms with Crippen molar-refractivity contribution in [2.24, 2.45) is 5.73 Å². The molecule has 1 saturated carbocycles. The van der Waals surface area contributed by atoms with E-state index >= 15 is 0 Å². The average Bonchev–Trinajstić information content (AvgIpc) is 3.36. The Labute approximate surface area is 153 Å². The van der Waals surface area contributed by atoms with Crippen molar-refractivity contribution in [1.82, 2.24) is 4.90 Å². The van der Waals surface area contributed by atoms with Crippen LogP contribution in [0.5, 0.6) is 0 Å². The minimum Gasteiger partial charge on any atom is -0.335 e. The van der Waals surface area contributed by atoms with E-state index in [1.54, 1.807) is 0 Å². The third-order valence-electron chi connectivity index (χ3n) is 4.29. The molecular weight excluding hydrogens is 353 g/mol. The number of halogens is 4. The molecule has 0 spiro atoms. The van der Waals surface area contributed by atoms with Gasteiger partial charge in [0, 0.05) is 19.0 Å². The van der Waals surface area contributed by atoms with E-state index in [0.29, 0.717) is 19.5 Å². The Morgan fingerprint density at radius 2 is 1.68 bits per heavy atom. The molecule has 0 heterocycles. The summed E-state index contributed by atoms with van der Waals surface area (Å²) in [5.41, 5.74) is 5.53. The van der Waals surface area contributed by atoms with Crippen molar-refractivity contribution in [1.29, 1.82) is 0 Å². The number of hydrogen-bond donors (Lipinski definition) is 1. The van der Waals surface area contributed by atoms with Crippen molar-refractivity contribution >= 4 is 18.3 Å². The number of alkyl halides is 3. The van der Waals surface area contributed by atoms with Gasteiger partial charge in [-0.1, -0.05) is 25.0 Å². The summed E-state index contributed by atoms with van der Waals surface area (Å²) < 4.78 is 37.8. The number of carbonyl (C=O) groups is 1. The molecule has 2 N–H and O–H groups in total. The Morgan fingerprint density at radius 3 is 2.20 bits per heavy atom. The molecule has 0 bridgehead atoms. The lowest BCUT2D eigenvalue weighted by Gasteiger charge is -2.23. The zero-order valence-corrected chi connectivity index (χ0v) is 15.0. The molecule has 0 saturated heterocycles. The topological polar surface area (TPSA) is 46.3 Å². The maximum atomic E-state index is 12.6. The summed E-state index contributed by atoms with van der Waals surface area (Å²) in [5.74, 6) is 0.102. The molecule has 0 atom stereocenters. The van der Waals surface area contributed by atoms with Crippen molar-refractivity contribution in [3.63, 3.8) is 0 Å². The van der Waals surface area contributed by atoms with E-state index in [1.165, 1.54) is 12.1 Å². The van der Waals surface area contributed by atoms with Gasteiger partial charge in [0.05, 0.1) is 5.56 Å². The molecule has 1 amide bonds. The maximum absolute atomic E-state index is 12.6. The SMILES string of the molecule is Cl.NCCCCCCC(=O)N(Cc1ccc(C(F)(F)F)cc1)C1CC1.